The minimum absolute atomic E-state index is 0.00393. The molecule has 2 aromatic carbocycles. The smallest absolute Gasteiger partial charge is 0.271 e. The summed E-state index contributed by atoms with van der Waals surface area (Å²) in [6.45, 7) is 9.16. The number of anilines is 6. The molecule has 0 saturated carbocycles. The fourth-order valence-electron chi connectivity index (χ4n) is 4.73. The van der Waals surface area contributed by atoms with Crippen LogP contribution < -0.4 is 21.7 Å². The third-order valence-corrected chi connectivity index (χ3v) is 7.83. The van der Waals surface area contributed by atoms with E-state index in [0.717, 1.165) is 11.1 Å². The first-order chi connectivity index (χ1) is 25.7. The summed E-state index contributed by atoms with van der Waals surface area (Å²) in [7, 11) is 0. The van der Waals surface area contributed by atoms with Gasteiger partial charge in [0.05, 0.1) is 38.3 Å². The molecular formula is C37H36N12O5. The van der Waals surface area contributed by atoms with Gasteiger partial charge in [-0.15, -0.1) is 0 Å². The molecule has 17 nitrogen and oxygen atoms in total. The number of benzene rings is 2. The van der Waals surface area contributed by atoms with Crippen molar-refractivity contribution in [1.82, 2.24) is 29.9 Å². The lowest BCUT2D eigenvalue weighted by Gasteiger charge is -2.19. The van der Waals surface area contributed by atoms with Crippen molar-refractivity contribution in [2.24, 2.45) is 5.41 Å². The van der Waals surface area contributed by atoms with Crippen molar-refractivity contribution >= 4 is 51.9 Å². The zero-order valence-electron chi connectivity index (χ0n) is 29.9. The maximum absolute atomic E-state index is 12.4. The number of non-ortho nitro benzene ring substituents is 2. The number of aryl methyl sites for hydroxylation is 2. The highest BCUT2D eigenvalue weighted by molar-refractivity contribution is 5.97. The molecule has 6 aromatic rings. The zero-order chi connectivity index (χ0) is 39.0. The number of nitrogens with zero attached hydrogens (tertiary/aromatic N) is 8. The number of carbonyl (C=O) groups is 1. The topological polar surface area (TPSA) is 243 Å². The van der Waals surface area contributed by atoms with E-state index in [0.29, 0.717) is 51.2 Å². The Morgan fingerprint density at radius 1 is 0.667 bits per heavy atom. The number of nitrogens with two attached hydrogens (primary N) is 1. The van der Waals surface area contributed by atoms with Gasteiger partial charge < -0.3 is 21.7 Å². The molecule has 0 bridgehead atoms. The Kier molecular flexibility index (Phi) is 11.4. The van der Waals surface area contributed by atoms with Crippen LogP contribution in [0.3, 0.4) is 0 Å². The number of rotatable bonds is 9. The van der Waals surface area contributed by atoms with Crippen LogP contribution in [0.5, 0.6) is 0 Å². The van der Waals surface area contributed by atoms with E-state index in [1.165, 1.54) is 24.3 Å². The Hall–Kier alpha value is -7.43. The van der Waals surface area contributed by atoms with Crippen molar-refractivity contribution in [2.75, 3.05) is 21.7 Å². The number of carbonyl (C=O) groups excluding carboxylic acids is 1. The number of hydrogen-bond donors (Lipinski definition) is 4. The molecule has 6 rings (SSSR count). The van der Waals surface area contributed by atoms with Crippen molar-refractivity contribution in [3.05, 3.63) is 129 Å². The number of nitro benzene ring substituents is 2. The fourth-order valence-corrected chi connectivity index (χ4v) is 4.73. The Bertz CT molecular complexity index is 2350. The zero-order valence-corrected chi connectivity index (χ0v) is 29.9. The van der Waals surface area contributed by atoms with Crippen LogP contribution >= 0.6 is 0 Å². The molecule has 4 aromatic heterocycles. The summed E-state index contributed by atoms with van der Waals surface area (Å²) in [6.07, 6.45) is 9.59. The van der Waals surface area contributed by atoms with E-state index in [4.69, 9.17) is 5.73 Å². The minimum Gasteiger partial charge on any atom is -0.398 e. The molecule has 5 N–H and O–H groups in total. The van der Waals surface area contributed by atoms with Gasteiger partial charge in [0.1, 0.15) is 0 Å². The predicted octanol–water partition coefficient (Wildman–Crippen LogP) is 7.56. The maximum Gasteiger partial charge on any atom is 0.271 e. The number of pyridine rings is 2. The second kappa shape index (κ2) is 16.3. The van der Waals surface area contributed by atoms with Crippen molar-refractivity contribution in [1.29, 1.82) is 0 Å². The van der Waals surface area contributed by atoms with Gasteiger partial charge in [0.25, 0.3) is 11.4 Å². The number of amides is 1. The van der Waals surface area contributed by atoms with E-state index in [9.17, 15) is 25.0 Å². The highest BCUT2D eigenvalue weighted by Gasteiger charge is 2.23. The normalized spacial score (nSPS) is 10.8. The summed E-state index contributed by atoms with van der Waals surface area (Å²) in [5.41, 5.74) is 11.7. The summed E-state index contributed by atoms with van der Waals surface area (Å²) < 4.78 is 0. The number of aromatic nitrogens is 6. The van der Waals surface area contributed by atoms with Crippen LogP contribution in [0.25, 0.3) is 22.5 Å². The van der Waals surface area contributed by atoms with Gasteiger partial charge in [0.2, 0.25) is 17.8 Å². The molecule has 1 amide bonds. The summed E-state index contributed by atoms with van der Waals surface area (Å²) in [6, 6.07) is 15.9. The molecule has 0 saturated heterocycles. The van der Waals surface area contributed by atoms with Crippen LogP contribution in [0.2, 0.25) is 0 Å². The average Bonchev–Trinajstić information content (AvgIpc) is 3.14. The van der Waals surface area contributed by atoms with Crippen molar-refractivity contribution < 1.29 is 14.6 Å². The molecule has 54 heavy (non-hydrogen) atoms. The molecule has 0 aliphatic rings. The van der Waals surface area contributed by atoms with Crippen LogP contribution in [0.4, 0.5) is 46.0 Å². The van der Waals surface area contributed by atoms with Crippen LogP contribution in [-0.4, -0.2) is 45.7 Å². The highest BCUT2D eigenvalue weighted by Crippen LogP contribution is 2.30. The molecular weight excluding hydrogens is 692 g/mol. The molecule has 0 spiro atoms. The summed E-state index contributed by atoms with van der Waals surface area (Å²) in [5, 5.41) is 30.9. The van der Waals surface area contributed by atoms with Gasteiger partial charge in [-0.1, -0.05) is 32.9 Å². The first kappa shape index (κ1) is 37.8. The standard InChI is InChI=1S/C21H22N6O3.C16H14N6O2/c1-13-5-6-14(27(29)30)11-18(13)26-20-23-10-8-17(25-20)15-12-22-9-7-16(15)24-19(28)21(2,3)4;1-10-2-3-11(22(23)24)8-15(10)21-16-19-7-5-14(20-16)12-9-18-6-4-13(12)17/h5-12H,1-4H3,(H,22,24,28)(H,23,25,26);2-9H,1H3,(H2,17,18)(H,19,20,21). The largest absolute Gasteiger partial charge is 0.398 e. The maximum atomic E-state index is 12.4. The summed E-state index contributed by atoms with van der Waals surface area (Å²) in [4.78, 5) is 58.9. The van der Waals surface area contributed by atoms with Gasteiger partial charge in [-0.05, 0) is 49.2 Å². The van der Waals surface area contributed by atoms with Gasteiger partial charge >= 0.3 is 0 Å². The first-order valence-corrected chi connectivity index (χ1v) is 16.4. The third-order valence-electron chi connectivity index (χ3n) is 7.83. The minimum atomic E-state index is -0.557. The Morgan fingerprint density at radius 3 is 1.63 bits per heavy atom. The van der Waals surface area contributed by atoms with Crippen LogP contribution in [0.15, 0.2) is 97.8 Å². The van der Waals surface area contributed by atoms with E-state index in [-0.39, 0.29) is 23.2 Å². The summed E-state index contributed by atoms with van der Waals surface area (Å²) in [5.74, 6) is 0.460. The van der Waals surface area contributed by atoms with Gasteiger partial charge in [-0.2, -0.15) is 0 Å². The van der Waals surface area contributed by atoms with Crippen LogP contribution in [0.1, 0.15) is 31.9 Å². The Morgan fingerprint density at radius 2 is 1.15 bits per heavy atom. The third kappa shape index (κ3) is 9.46. The molecule has 0 fully saturated rings. The highest BCUT2D eigenvalue weighted by atomic mass is 16.6. The van der Waals surface area contributed by atoms with E-state index < -0.39 is 15.3 Å². The van der Waals surface area contributed by atoms with Crippen molar-refractivity contribution in [2.45, 2.75) is 34.6 Å². The molecule has 4 heterocycles. The fraction of sp³-hybridized carbons (Fsp3) is 0.162. The molecule has 274 valence electrons. The SMILES string of the molecule is Cc1ccc([N+](=O)[O-])cc1Nc1nccc(-c2cnccc2N)n1.Cc1ccc([N+](=O)[O-])cc1Nc1nccc(-c2cnccc2NC(=O)C(C)(C)C)n1. The second-order valence-corrected chi connectivity index (χ2v) is 12.9. The van der Waals surface area contributed by atoms with E-state index in [2.05, 4.69) is 45.9 Å². The van der Waals surface area contributed by atoms with Crippen molar-refractivity contribution in [3.8, 4) is 22.5 Å². The number of hydrogen-bond acceptors (Lipinski definition) is 14. The van der Waals surface area contributed by atoms with Gasteiger partial charge in [-0.25, -0.2) is 19.9 Å². The van der Waals surface area contributed by atoms with E-state index >= 15 is 0 Å². The number of nitrogen functional groups attached to an aromatic ring is 1. The lowest BCUT2D eigenvalue weighted by molar-refractivity contribution is -0.385. The van der Waals surface area contributed by atoms with Gasteiger partial charge in [0, 0.05) is 83.7 Å². The summed E-state index contributed by atoms with van der Waals surface area (Å²) >= 11 is 0. The van der Waals surface area contributed by atoms with Gasteiger partial charge in [-0.3, -0.25) is 35.0 Å². The van der Waals surface area contributed by atoms with Crippen LogP contribution in [0, 0.1) is 39.5 Å². The quantitative estimate of drug-likeness (QED) is 0.0829. The average molecular weight is 729 g/mol. The number of nitro groups is 2. The molecule has 0 radical (unpaired) electrons. The van der Waals surface area contributed by atoms with E-state index in [1.807, 2.05) is 34.6 Å². The van der Waals surface area contributed by atoms with Crippen molar-refractivity contribution in [3.63, 3.8) is 0 Å². The second-order valence-electron chi connectivity index (χ2n) is 12.9. The molecule has 0 aliphatic carbocycles. The Labute approximate surface area is 309 Å². The van der Waals surface area contributed by atoms with Gasteiger partial charge in [0.15, 0.2) is 0 Å². The van der Waals surface area contributed by atoms with E-state index in [1.54, 1.807) is 73.6 Å². The predicted molar refractivity (Wildman–Crippen MR) is 205 cm³/mol. The first-order valence-electron chi connectivity index (χ1n) is 16.4. The lowest BCUT2D eigenvalue weighted by atomic mass is 9.95. The number of nitrogens with one attached hydrogen (secondary N) is 3. The molecule has 17 heteroatoms. The monoisotopic (exact) mass is 728 g/mol. The molecule has 0 aliphatic heterocycles. The van der Waals surface area contributed by atoms with Crippen LogP contribution in [-0.2, 0) is 4.79 Å². The molecule has 0 atom stereocenters. The lowest BCUT2D eigenvalue weighted by Crippen LogP contribution is -2.27. The Balaban J connectivity index is 0.000000213. The molecule has 0 unspecified atom stereocenters.